The van der Waals surface area contributed by atoms with Crippen LogP contribution in [0.4, 0.5) is 0 Å². The van der Waals surface area contributed by atoms with E-state index < -0.39 is 37.5 Å². The van der Waals surface area contributed by atoms with Crippen molar-refractivity contribution >= 4 is 5.78 Å². The SMILES string of the molecule is [2H]C([2H])([2H])Oc1ccc2c3c1OC1C(=O)CC[C@@]4([2H])[C@@H](C2)N(C([2H])([2H])[2H])CC[C@]314. The summed E-state index contributed by atoms with van der Waals surface area (Å²) in [7, 11) is -2.68. The fraction of sp³-hybridized carbons (Fsp3) is 0.611. The molecule has 1 saturated carbocycles. The number of piperidine rings is 1. The molecule has 4 aliphatic rings. The summed E-state index contributed by atoms with van der Waals surface area (Å²) in [6.45, 7) is -2.11. The number of hydrogen-bond acceptors (Lipinski definition) is 4. The fourth-order valence-electron chi connectivity index (χ4n) is 5.05. The molecule has 2 aliphatic heterocycles. The molecule has 1 unspecified atom stereocenters. The Morgan fingerprint density at radius 1 is 1.55 bits per heavy atom. The molecule has 1 saturated heterocycles. The van der Waals surface area contributed by atoms with E-state index in [0.29, 0.717) is 18.4 Å². The van der Waals surface area contributed by atoms with Gasteiger partial charge in [0, 0.05) is 28.9 Å². The number of likely N-dealkylation sites (N-methyl/N-ethyl adjacent to an activating group) is 1. The van der Waals surface area contributed by atoms with Crippen LogP contribution in [0.5, 0.6) is 11.5 Å². The van der Waals surface area contributed by atoms with Crippen LogP contribution in [0.25, 0.3) is 0 Å². The molecule has 2 aliphatic carbocycles. The first-order chi connectivity index (χ1) is 13.4. The average molecular weight is 306 g/mol. The van der Waals surface area contributed by atoms with Gasteiger partial charge in [0.2, 0.25) is 0 Å². The van der Waals surface area contributed by atoms with Crippen molar-refractivity contribution in [2.75, 3.05) is 20.6 Å². The highest BCUT2D eigenvalue weighted by atomic mass is 16.5. The molecular weight excluding hydrogens is 278 g/mol. The van der Waals surface area contributed by atoms with Crippen molar-refractivity contribution in [2.45, 2.75) is 43.2 Å². The first kappa shape index (κ1) is 7.82. The summed E-state index contributed by atoms with van der Waals surface area (Å²) in [5.41, 5.74) is 0.497. The van der Waals surface area contributed by atoms with Gasteiger partial charge >= 0.3 is 0 Å². The zero-order valence-electron chi connectivity index (χ0n) is 19.0. The fourth-order valence-corrected chi connectivity index (χ4v) is 5.05. The molecule has 1 aromatic rings. The number of Topliss-reactive ketones (excluding diaryl/α,β-unsaturated/α-hetero) is 1. The van der Waals surface area contributed by atoms with E-state index in [-0.39, 0.29) is 36.7 Å². The van der Waals surface area contributed by atoms with Gasteiger partial charge in [0.1, 0.15) is 0 Å². The largest absolute Gasteiger partial charge is 0.493 e. The van der Waals surface area contributed by atoms with Crippen molar-refractivity contribution in [2.24, 2.45) is 5.89 Å². The van der Waals surface area contributed by atoms with Gasteiger partial charge in [-0.1, -0.05) is 6.07 Å². The molecule has 2 heterocycles. The number of methoxy groups -OCH3 is 1. The van der Waals surface area contributed by atoms with E-state index in [4.69, 9.17) is 17.7 Å². The van der Waals surface area contributed by atoms with Gasteiger partial charge < -0.3 is 14.4 Å². The number of ketones is 1. The highest BCUT2D eigenvalue weighted by Crippen LogP contribution is 2.62. The lowest BCUT2D eigenvalue weighted by Gasteiger charge is -2.57. The molecular formula is C18H21NO3. The van der Waals surface area contributed by atoms with Crippen LogP contribution in [-0.2, 0) is 16.6 Å². The van der Waals surface area contributed by atoms with Crippen LogP contribution in [0.1, 0.15) is 40.0 Å². The highest BCUT2D eigenvalue weighted by molar-refractivity contribution is 5.89. The summed E-state index contributed by atoms with van der Waals surface area (Å²) >= 11 is 0. The van der Waals surface area contributed by atoms with E-state index in [1.807, 2.05) is 0 Å². The van der Waals surface area contributed by atoms with E-state index >= 15 is 0 Å². The molecule has 4 atom stereocenters. The molecule has 5 rings (SSSR count). The maximum Gasteiger partial charge on any atom is 0.174 e. The van der Waals surface area contributed by atoms with Crippen molar-refractivity contribution in [3.05, 3.63) is 23.3 Å². The summed E-state index contributed by atoms with van der Waals surface area (Å²) in [6, 6.07) is 2.66. The first-order valence-corrected chi connectivity index (χ1v) is 7.70. The molecule has 0 N–H and O–H groups in total. The Hall–Kier alpha value is -1.55. The predicted octanol–water partition coefficient (Wildman–Crippen LogP) is 1.93. The normalized spacial score (nSPS) is 47.6. The topological polar surface area (TPSA) is 38.8 Å². The number of carbonyl (C=O) groups excluding carboxylic acids is 1. The number of likely N-dealkylation sites (tertiary alicyclic amines) is 1. The third-order valence-electron chi connectivity index (χ3n) is 5.89. The maximum atomic E-state index is 12.9. The Morgan fingerprint density at radius 3 is 3.36 bits per heavy atom. The number of rotatable bonds is 1. The van der Waals surface area contributed by atoms with Gasteiger partial charge in [-0.2, -0.15) is 0 Å². The van der Waals surface area contributed by atoms with Gasteiger partial charge in [-0.05, 0) is 50.3 Å². The number of hydrogen-bond donors (Lipinski definition) is 0. The van der Waals surface area contributed by atoms with Crippen LogP contribution in [0, 0.1) is 5.89 Å². The number of benzene rings is 1. The maximum absolute atomic E-state index is 12.9. The minimum Gasteiger partial charge on any atom is -0.493 e. The number of carbonyl (C=O) groups is 1. The van der Waals surface area contributed by atoms with Gasteiger partial charge in [-0.3, -0.25) is 4.79 Å². The Morgan fingerprint density at radius 2 is 2.50 bits per heavy atom. The van der Waals surface area contributed by atoms with Crippen molar-refractivity contribution in [1.82, 2.24) is 4.90 Å². The quantitative estimate of drug-likeness (QED) is 0.795. The lowest BCUT2D eigenvalue weighted by Crippen LogP contribution is -2.65. The summed E-state index contributed by atoms with van der Waals surface area (Å²) < 4.78 is 66.8. The molecule has 4 heteroatoms. The molecule has 2 fully saturated rings. The zero-order valence-corrected chi connectivity index (χ0v) is 12.0. The second-order valence-electron chi connectivity index (χ2n) is 6.65. The van der Waals surface area contributed by atoms with Gasteiger partial charge in [-0.25, -0.2) is 0 Å². The van der Waals surface area contributed by atoms with Crippen LogP contribution in [0.3, 0.4) is 0 Å². The Kier molecular flexibility index (Phi) is 1.44. The molecule has 0 aromatic heterocycles. The lowest BCUT2D eigenvalue weighted by atomic mass is 9.52. The first-order valence-electron chi connectivity index (χ1n) is 11.2. The molecule has 4 nitrogen and oxygen atoms in total. The summed E-state index contributed by atoms with van der Waals surface area (Å²) in [5.74, 6) is -1.07. The zero-order chi connectivity index (χ0) is 21.0. The molecule has 22 heavy (non-hydrogen) atoms. The third-order valence-corrected chi connectivity index (χ3v) is 5.89. The minimum absolute atomic E-state index is 0.0411. The monoisotopic (exact) mass is 306 g/mol. The number of nitrogens with zero attached hydrogens (tertiary/aromatic N) is 1. The van der Waals surface area contributed by atoms with Gasteiger partial charge in [-0.15, -0.1) is 0 Å². The Balaban J connectivity index is 1.74. The third kappa shape index (κ3) is 1.27. The van der Waals surface area contributed by atoms with Crippen molar-refractivity contribution < 1.29 is 23.9 Å². The Labute approximate surface area is 140 Å². The van der Waals surface area contributed by atoms with Crippen LogP contribution >= 0.6 is 0 Å². The van der Waals surface area contributed by atoms with Gasteiger partial charge in [0.15, 0.2) is 23.4 Å². The molecule has 0 amide bonds. The molecule has 116 valence electrons. The minimum atomic E-state index is -2.68. The van der Waals surface area contributed by atoms with Crippen LogP contribution < -0.4 is 9.47 Å². The summed E-state index contributed by atoms with van der Waals surface area (Å²) in [5, 5.41) is 0. The van der Waals surface area contributed by atoms with E-state index in [0.717, 1.165) is 5.56 Å². The molecule has 1 aromatic carbocycles. The van der Waals surface area contributed by atoms with Crippen molar-refractivity contribution in [3.63, 3.8) is 0 Å². The van der Waals surface area contributed by atoms with Crippen LogP contribution in [0.2, 0.25) is 0 Å². The second kappa shape index (κ2) is 4.05. The second-order valence-corrected chi connectivity index (χ2v) is 6.65. The number of ether oxygens (including phenoxy) is 2. The summed E-state index contributed by atoms with van der Waals surface area (Å²) in [4.78, 5) is 14.3. The van der Waals surface area contributed by atoms with Crippen molar-refractivity contribution in [3.8, 4) is 11.5 Å². The van der Waals surface area contributed by atoms with Crippen LogP contribution in [0.15, 0.2) is 12.1 Å². The lowest BCUT2D eigenvalue weighted by molar-refractivity contribution is -0.138. The predicted molar refractivity (Wildman–Crippen MR) is 81.6 cm³/mol. The summed E-state index contributed by atoms with van der Waals surface area (Å²) in [6.07, 6.45) is 0.112. The van der Waals surface area contributed by atoms with Gasteiger partial charge in [0.25, 0.3) is 0 Å². The van der Waals surface area contributed by atoms with E-state index in [1.54, 1.807) is 6.07 Å². The van der Waals surface area contributed by atoms with Crippen molar-refractivity contribution in [1.29, 1.82) is 0 Å². The molecule has 1 spiro atoms. The van der Waals surface area contributed by atoms with Crippen LogP contribution in [-0.4, -0.2) is 43.4 Å². The standard InChI is InChI=1S/C18H21NO3/c1-19-8-7-18-11-4-5-13(20)17(18)22-16-14(21-2)6-3-10(15(16)18)9-12(11)19/h3,6,11-12,17H,4-5,7-9H2,1-2H3/t11-,12+,17?,18-/m0/s1/i1D3,2D3,11D. The molecule has 2 bridgehead atoms. The van der Waals surface area contributed by atoms with E-state index in [9.17, 15) is 6.17 Å². The Bertz CT molecular complexity index is 914. The smallest absolute Gasteiger partial charge is 0.174 e. The van der Waals surface area contributed by atoms with E-state index in [2.05, 4.69) is 0 Å². The highest BCUT2D eigenvalue weighted by Gasteiger charge is 2.65. The molecule has 0 radical (unpaired) electrons. The van der Waals surface area contributed by atoms with Gasteiger partial charge in [0.05, 0.1) is 11.2 Å². The average Bonchev–Trinajstić information content (AvgIpc) is 2.92. The van der Waals surface area contributed by atoms with E-state index in [1.165, 1.54) is 11.0 Å².